The van der Waals surface area contributed by atoms with Crippen molar-refractivity contribution in [3.8, 4) is 0 Å². The van der Waals surface area contributed by atoms with Crippen LogP contribution in [0.2, 0.25) is 0 Å². The number of halogens is 1. The number of nitrogens with one attached hydrogen (secondary N) is 1. The Morgan fingerprint density at radius 1 is 1.50 bits per heavy atom. The molecular formula is C12H14BrNO2. The molecule has 16 heavy (non-hydrogen) atoms. The summed E-state index contributed by atoms with van der Waals surface area (Å²) in [5, 5.41) is 12.6. The summed E-state index contributed by atoms with van der Waals surface area (Å²) >= 11 is 3.43. The van der Waals surface area contributed by atoms with E-state index in [0.29, 0.717) is 0 Å². The molecule has 0 bridgehead atoms. The second-order valence-electron chi connectivity index (χ2n) is 4.09. The molecule has 0 saturated carbocycles. The van der Waals surface area contributed by atoms with Gasteiger partial charge in [0.25, 0.3) is 0 Å². The molecule has 3 nitrogen and oxygen atoms in total. The number of hydrogen-bond donors (Lipinski definition) is 2. The Bertz CT molecular complexity index is 388. The minimum Gasteiger partial charge on any atom is -0.481 e. The second kappa shape index (κ2) is 4.97. The van der Waals surface area contributed by atoms with Crippen molar-refractivity contribution in [3.63, 3.8) is 0 Å². The highest BCUT2D eigenvalue weighted by Crippen LogP contribution is 2.33. The largest absolute Gasteiger partial charge is 0.481 e. The maximum absolute atomic E-state index is 11.4. The zero-order chi connectivity index (χ0) is 11.5. The molecule has 1 fully saturated rings. The van der Waals surface area contributed by atoms with Crippen molar-refractivity contribution in [2.45, 2.75) is 12.3 Å². The van der Waals surface area contributed by atoms with Gasteiger partial charge in [0.1, 0.15) is 0 Å². The number of aliphatic carboxylic acids is 1. The Kier molecular flexibility index (Phi) is 3.61. The van der Waals surface area contributed by atoms with Gasteiger partial charge in [-0.3, -0.25) is 4.79 Å². The molecule has 0 aromatic heterocycles. The molecule has 2 unspecified atom stereocenters. The van der Waals surface area contributed by atoms with E-state index in [1.807, 2.05) is 24.3 Å². The first kappa shape index (κ1) is 11.6. The average molecular weight is 284 g/mol. The van der Waals surface area contributed by atoms with Crippen LogP contribution in [-0.2, 0) is 4.79 Å². The lowest BCUT2D eigenvalue weighted by Gasteiger charge is -2.20. The predicted molar refractivity (Wildman–Crippen MR) is 65.5 cm³/mol. The van der Waals surface area contributed by atoms with Crippen molar-refractivity contribution in [2.75, 3.05) is 13.1 Å². The molecule has 2 rings (SSSR count). The molecule has 0 radical (unpaired) electrons. The van der Waals surface area contributed by atoms with E-state index in [0.717, 1.165) is 29.5 Å². The van der Waals surface area contributed by atoms with Gasteiger partial charge in [-0.15, -0.1) is 0 Å². The van der Waals surface area contributed by atoms with Gasteiger partial charge in [-0.25, -0.2) is 0 Å². The summed E-state index contributed by atoms with van der Waals surface area (Å²) in [4.78, 5) is 11.4. The highest BCUT2D eigenvalue weighted by atomic mass is 79.9. The smallest absolute Gasteiger partial charge is 0.311 e. The van der Waals surface area contributed by atoms with Gasteiger partial charge >= 0.3 is 5.97 Å². The van der Waals surface area contributed by atoms with Gasteiger partial charge in [-0.2, -0.15) is 0 Å². The second-order valence-corrected chi connectivity index (χ2v) is 4.94. The third-order valence-electron chi connectivity index (χ3n) is 3.08. The molecule has 1 aromatic carbocycles. The van der Waals surface area contributed by atoms with Crippen LogP contribution in [0.3, 0.4) is 0 Å². The van der Waals surface area contributed by atoms with Crippen molar-refractivity contribution in [3.05, 3.63) is 34.3 Å². The topological polar surface area (TPSA) is 49.3 Å². The Hall–Kier alpha value is -0.870. The van der Waals surface area contributed by atoms with Crippen LogP contribution in [-0.4, -0.2) is 24.2 Å². The molecule has 1 aromatic rings. The van der Waals surface area contributed by atoms with E-state index in [-0.39, 0.29) is 5.92 Å². The number of rotatable bonds is 3. The summed E-state index contributed by atoms with van der Waals surface area (Å²) in [6.45, 7) is 1.71. The Morgan fingerprint density at radius 2 is 2.25 bits per heavy atom. The molecule has 4 heteroatoms. The van der Waals surface area contributed by atoms with Crippen LogP contribution in [0.4, 0.5) is 0 Å². The normalized spacial score (nSPS) is 21.9. The third-order valence-corrected chi connectivity index (χ3v) is 3.80. The molecule has 86 valence electrons. The summed E-state index contributed by atoms with van der Waals surface area (Å²) in [7, 11) is 0. The quantitative estimate of drug-likeness (QED) is 0.895. The zero-order valence-electron chi connectivity index (χ0n) is 8.82. The van der Waals surface area contributed by atoms with E-state index >= 15 is 0 Å². The maximum atomic E-state index is 11.4. The third kappa shape index (κ3) is 2.28. The zero-order valence-corrected chi connectivity index (χ0v) is 10.4. The fourth-order valence-electron chi connectivity index (χ4n) is 2.28. The van der Waals surface area contributed by atoms with E-state index in [9.17, 15) is 9.90 Å². The van der Waals surface area contributed by atoms with Crippen molar-refractivity contribution in [1.82, 2.24) is 5.32 Å². The number of hydrogen-bond acceptors (Lipinski definition) is 2. The van der Waals surface area contributed by atoms with Gasteiger partial charge in [-0.05, 0) is 37.1 Å². The van der Waals surface area contributed by atoms with Crippen molar-refractivity contribution >= 4 is 21.9 Å². The molecule has 0 amide bonds. The Balaban J connectivity index is 2.32. The van der Waals surface area contributed by atoms with Gasteiger partial charge in [0.2, 0.25) is 0 Å². The number of benzene rings is 1. The molecular weight excluding hydrogens is 270 g/mol. The maximum Gasteiger partial charge on any atom is 0.311 e. The summed E-state index contributed by atoms with van der Waals surface area (Å²) in [6, 6.07) is 7.58. The van der Waals surface area contributed by atoms with Gasteiger partial charge in [0, 0.05) is 4.47 Å². The highest BCUT2D eigenvalue weighted by molar-refractivity contribution is 9.10. The minimum atomic E-state index is -0.736. The summed E-state index contributed by atoms with van der Waals surface area (Å²) in [6.07, 6.45) is 0.929. The van der Waals surface area contributed by atoms with Crippen molar-refractivity contribution in [2.24, 2.45) is 5.92 Å². The molecule has 0 aliphatic carbocycles. The Morgan fingerprint density at radius 3 is 2.81 bits per heavy atom. The summed E-state index contributed by atoms with van der Waals surface area (Å²) in [5.74, 6) is -0.956. The molecule has 2 N–H and O–H groups in total. The van der Waals surface area contributed by atoms with Gasteiger partial charge in [0.15, 0.2) is 0 Å². The van der Waals surface area contributed by atoms with Crippen molar-refractivity contribution < 1.29 is 9.90 Å². The molecule has 1 saturated heterocycles. The lowest BCUT2D eigenvalue weighted by molar-refractivity contribution is -0.140. The number of carboxylic acids is 1. The number of carboxylic acid groups (broad SMARTS) is 1. The SMILES string of the molecule is O=C(O)C(c1ccccc1Br)C1CCNC1. The lowest BCUT2D eigenvalue weighted by Crippen LogP contribution is -2.23. The van der Waals surface area contributed by atoms with Gasteiger partial charge in [-0.1, -0.05) is 34.1 Å². The molecule has 1 aliphatic heterocycles. The monoisotopic (exact) mass is 283 g/mol. The van der Waals surface area contributed by atoms with Crippen LogP contribution in [0.5, 0.6) is 0 Å². The van der Waals surface area contributed by atoms with Crippen molar-refractivity contribution in [1.29, 1.82) is 0 Å². The fourth-order valence-corrected chi connectivity index (χ4v) is 2.81. The van der Waals surface area contributed by atoms with E-state index in [1.54, 1.807) is 0 Å². The van der Waals surface area contributed by atoms with E-state index in [4.69, 9.17) is 0 Å². The fraction of sp³-hybridized carbons (Fsp3) is 0.417. The lowest BCUT2D eigenvalue weighted by atomic mass is 9.85. The average Bonchev–Trinajstić information content (AvgIpc) is 2.74. The van der Waals surface area contributed by atoms with Crippen LogP contribution >= 0.6 is 15.9 Å². The Labute approximate surface area is 103 Å². The molecule has 2 atom stereocenters. The van der Waals surface area contributed by atoms with E-state index in [1.165, 1.54) is 0 Å². The molecule has 0 spiro atoms. The first-order valence-electron chi connectivity index (χ1n) is 5.38. The van der Waals surface area contributed by atoms with Crippen LogP contribution in [0.25, 0.3) is 0 Å². The first-order chi connectivity index (χ1) is 7.70. The molecule has 1 heterocycles. The number of carbonyl (C=O) groups is 1. The van der Waals surface area contributed by atoms with Crippen LogP contribution in [0.15, 0.2) is 28.7 Å². The summed E-state index contributed by atoms with van der Waals surface area (Å²) < 4.78 is 0.884. The van der Waals surface area contributed by atoms with Crippen LogP contribution < -0.4 is 5.32 Å². The minimum absolute atomic E-state index is 0.191. The van der Waals surface area contributed by atoms with Crippen LogP contribution in [0.1, 0.15) is 17.9 Å². The standard InChI is InChI=1S/C12H14BrNO2/c13-10-4-2-1-3-9(10)11(12(15)16)8-5-6-14-7-8/h1-4,8,11,14H,5-7H2,(H,15,16). The van der Waals surface area contributed by atoms with Gasteiger partial charge < -0.3 is 10.4 Å². The summed E-state index contributed by atoms with van der Waals surface area (Å²) in [5.41, 5.74) is 0.878. The highest BCUT2D eigenvalue weighted by Gasteiger charge is 2.32. The first-order valence-corrected chi connectivity index (χ1v) is 6.17. The van der Waals surface area contributed by atoms with E-state index < -0.39 is 11.9 Å². The van der Waals surface area contributed by atoms with E-state index in [2.05, 4.69) is 21.2 Å². The van der Waals surface area contributed by atoms with Crippen LogP contribution in [0, 0.1) is 5.92 Å². The van der Waals surface area contributed by atoms with Gasteiger partial charge in [0.05, 0.1) is 5.92 Å². The molecule has 1 aliphatic rings. The predicted octanol–water partition coefficient (Wildman–Crippen LogP) is 2.23.